The predicted octanol–water partition coefficient (Wildman–Crippen LogP) is 2.78. The van der Waals surface area contributed by atoms with Crippen molar-refractivity contribution in [2.75, 3.05) is 28.6 Å². The normalized spacial score (nSPS) is 11.5. The van der Waals surface area contributed by atoms with Crippen molar-refractivity contribution < 1.29 is 19.5 Å². The Morgan fingerprint density at radius 1 is 1.02 bits per heavy atom. The van der Waals surface area contributed by atoms with E-state index < -0.39 is 12.0 Å². The molecular formula is C28H31N9O4. The molecule has 1 atom stereocenters. The lowest BCUT2D eigenvalue weighted by Gasteiger charge is -2.14. The number of aldehydes is 1. The van der Waals surface area contributed by atoms with Crippen molar-refractivity contribution in [1.82, 2.24) is 25.3 Å². The Morgan fingerprint density at radius 2 is 1.80 bits per heavy atom. The lowest BCUT2D eigenvalue weighted by Crippen LogP contribution is -2.36. The van der Waals surface area contributed by atoms with Gasteiger partial charge in [-0.1, -0.05) is 11.6 Å². The number of benzene rings is 2. The Labute approximate surface area is 235 Å². The molecule has 13 heteroatoms. The number of nitrogens with one attached hydrogen (secondary N) is 3. The first-order chi connectivity index (χ1) is 19.7. The Morgan fingerprint density at radius 3 is 2.54 bits per heavy atom. The monoisotopic (exact) mass is 557 g/mol. The number of carboxylic acids is 1. The van der Waals surface area contributed by atoms with Gasteiger partial charge >= 0.3 is 5.97 Å². The zero-order valence-electron chi connectivity index (χ0n) is 22.4. The van der Waals surface area contributed by atoms with Crippen molar-refractivity contribution in [3.63, 3.8) is 0 Å². The van der Waals surface area contributed by atoms with Gasteiger partial charge < -0.3 is 37.3 Å². The summed E-state index contributed by atoms with van der Waals surface area (Å²) in [5, 5.41) is 18.5. The molecule has 0 aliphatic rings. The van der Waals surface area contributed by atoms with Crippen LogP contribution in [0.4, 0.5) is 23.1 Å². The molecule has 2 aromatic heterocycles. The number of anilines is 4. The fourth-order valence-corrected chi connectivity index (χ4v) is 4.13. The molecule has 0 aliphatic carbocycles. The van der Waals surface area contributed by atoms with Gasteiger partial charge in [-0.25, -0.2) is 14.8 Å². The molecule has 0 aliphatic heterocycles. The maximum atomic E-state index is 12.7. The number of unbranched alkanes of at least 4 members (excludes halogenated alkanes) is 1. The second-order valence-electron chi connectivity index (χ2n) is 9.42. The van der Waals surface area contributed by atoms with Crippen LogP contribution in [0.2, 0.25) is 0 Å². The van der Waals surface area contributed by atoms with E-state index in [1.807, 2.05) is 13.0 Å². The third kappa shape index (κ3) is 7.62. The molecule has 41 heavy (non-hydrogen) atoms. The van der Waals surface area contributed by atoms with Crippen molar-refractivity contribution in [3.05, 3.63) is 71.0 Å². The van der Waals surface area contributed by atoms with Gasteiger partial charge in [-0.15, -0.1) is 0 Å². The van der Waals surface area contributed by atoms with Crippen molar-refractivity contribution in [1.29, 1.82) is 0 Å². The summed E-state index contributed by atoms with van der Waals surface area (Å²) in [6.45, 7) is 2.73. The van der Waals surface area contributed by atoms with Crippen LogP contribution in [0.3, 0.4) is 0 Å². The highest BCUT2D eigenvalue weighted by Gasteiger charge is 2.14. The van der Waals surface area contributed by atoms with Crippen LogP contribution in [0, 0.1) is 6.92 Å². The molecule has 4 aromatic rings. The molecule has 2 aromatic carbocycles. The number of nitrogen functional groups attached to an aromatic ring is 2. The van der Waals surface area contributed by atoms with Gasteiger partial charge in [0.25, 0.3) is 5.91 Å². The number of rotatable bonds is 13. The summed E-state index contributed by atoms with van der Waals surface area (Å²) in [4.78, 5) is 52.2. The number of hydrogen-bond donors (Lipinski definition) is 6. The highest BCUT2D eigenvalue weighted by molar-refractivity contribution is 5.96. The minimum absolute atomic E-state index is 0.0302. The summed E-state index contributed by atoms with van der Waals surface area (Å²) in [7, 11) is 0. The van der Waals surface area contributed by atoms with E-state index in [0.717, 1.165) is 17.5 Å². The molecule has 0 spiro atoms. The van der Waals surface area contributed by atoms with Crippen LogP contribution in [-0.2, 0) is 11.3 Å². The maximum Gasteiger partial charge on any atom is 0.337 e. The van der Waals surface area contributed by atoms with Crippen LogP contribution in [0.15, 0.2) is 48.7 Å². The number of nitrogens with two attached hydrogens (primary N) is 2. The minimum Gasteiger partial charge on any atom is -0.478 e. The van der Waals surface area contributed by atoms with Crippen LogP contribution in [0.1, 0.15) is 51.2 Å². The molecule has 0 radical (unpaired) electrons. The fourth-order valence-electron chi connectivity index (χ4n) is 4.13. The highest BCUT2D eigenvalue weighted by Crippen LogP contribution is 2.18. The lowest BCUT2D eigenvalue weighted by molar-refractivity contribution is -0.109. The zero-order valence-corrected chi connectivity index (χ0v) is 22.4. The molecule has 1 amide bonds. The minimum atomic E-state index is -0.990. The van der Waals surface area contributed by atoms with E-state index in [2.05, 4.69) is 35.9 Å². The number of nitrogens with zero attached hydrogens (tertiary/aromatic N) is 4. The van der Waals surface area contributed by atoms with E-state index in [0.29, 0.717) is 60.5 Å². The number of aromatic nitrogens is 4. The van der Waals surface area contributed by atoms with E-state index >= 15 is 0 Å². The standard InChI is InChI=1S/C28H31N9O4/c1-16-5-10-22(21(12-16)27(40)41)31-11-3-2-4-19(15-38)35-26(39)17-6-8-18(9-7-17)32-13-20-14-33-25-23(34-20)24(29)36-28(30)37-25/h5-10,12,14-15,19,31-32H,2-4,11,13H2,1H3,(H,35,39)(H,40,41)(H4,29,30,33,36,37). The third-order valence-corrected chi connectivity index (χ3v) is 6.27. The zero-order chi connectivity index (χ0) is 29.4. The number of aromatic carboxylic acids is 1. The molecule has 0 fully saturated rings. The maximum absolute atomic E-state index is 12.7. The summed E-state index contributed by atoms with van der Waals surface area (Å²) >= 11 is 0. The highest BCUT2D eigenvalue weighted by atomic mass is 16.4. The molecule has 8 N–H and O–H groups in total. The van der Waals surface area contributed by atoms with E-state index in [1.54, 1.807) is 42.6 Å². The molecule has 0 saturated carbocycles. The molecule has 13 nitrogen and oxygen atoms in total. The fraction of sp³-hybridized carbons (Fsp3) is 0.250. The largest absolute Gasteiger partial charge is 0.478 e. The summed E-state index contributed by atoms with van der Waals surface area (Å²) in [6, 6.07) is 11.4. The predicted molar refractivity (Wildman–Crippen MR) is 156 cm³/mol. The van der Waals surface area contributed by atoms with Gasteiger partial charge in [0.05, 0.1) is 30.0 Å². The Hall–Kier alpha value is -5.33. The lowest BCUT2D eigenvalue weighted by atomic mass is 10.1. The van der Waals surface area contributed by atoms with Gasteiger partial charge in [0.2, 0.25) is 5.95 Å². The quantitative estimate of drug-likeness (QED) is 0.103. The van der Waals surface area contributed by atoms with Gasteiger partial charge in [-0.05, 0) is 62.6 Å². The molecule has 0 bridgehead atoms. The molecule has 4 rings (SSSR count). The SMILES string of the molecule is Cc1ccc(NCCCCC(C=O)NC(=O)c2ccc(NCc3cnc4nc(N)nc(N)c4n3)cc2)c(C(=O)O)c1. The Balaban J connectivity index is 1.23. The number of amides is 1. The number of fused-ring (bicyclic) bond motifs is 1. The van der Waals surface area contributed by atoms with Crippen molar-refractivity contribution in [2.24, 2.45) is 0 Å². The number of carbonyl (C=O) groups excluding carboxylic acids is 2. The van der Waals surface area contributed by atoms with E-state index in [-0.39, 0.29) is 23.2 Å². The number of hydrogen-bond acceptors (Lipinski definition) is 11. The number of aryl methyl sites for hydroxylation is 1. The molecule has 0 saturated heterocycles. The molecule has 212 valence electrons. The van der Waals surface area contributed by atoms with Gasteiger partial charge in [-0.2, -0.15) is 9.97 Å². The summed E-state index contributed by atoms with van der Waals surface area (Å²) in [6.07, 6.45) is 4.11. The smallest absolute Gasteiger partial charge is 0.337 e. The van der Waals surface area contributed by atoms with Gasteiger partial charge in [0.1, 0.15) is 6.29 Å². The average Bonchev–Trinajstić information content (AvgIpc) is 2.96. The Kier molecular flexibility index (Phi) is 9.20. The second-order valence-corrected chi connectivity index (χ2v) is 9.42. The topological polar surface area (TPSA) is 211 Å². The van der Waals surface area contributed by atoms with Crippen molar-refractivity contribution in [2.45, 2.75) is 38.8 Å². The number of carbonyl (C=O) groups is 3. The van der Waals surface area contributed by atoms with Crippen LogP contribution >= 0.6 is 0 Å². The van der Waals surface area contributed by atoms with Crippen LogP contribution in [0.25, 0.3) is 11.2 Å². The Bertz CT molecular complexity index is 1560. The first kappa shape index (κ1) is 28.7. The second kappa shape index (κ2) is 13.2. The van der Waals surface area contributed by atoms with Crippen molar-refractivity contribution in [3.8, 4) is 0 Å². The molecule has 1 unspecified atom stereocenters. The summed E-state index contributed by atoms with van der Waals surface area (Å²) in [5.41, 5.74) is 15.6. The summed E-state index contributed by atoms with van der Waals surface area (Å²) < 4.78 is 0. The van der Waals surface area contributed by atoms with Crippen LogP contribution in [-0.4, -0.2) is 55.8 Å². The molecule has 2 heterocycles. The van der Waals surface area contributed by atoms with Gasteiger partial charge in [0.15, 0.2) is 17.0 Å². The average molecular weight is 558 g/mol. The first-order valence-electron chi connectivity index (χ1n) is 13.0. The van der Waals surface area contributed by atoms with Gasteiger partial charge in [0, 0.05) is 23.5 Å². The first-order valence-corrected chi connectivity index (χ1v) is 13.0. The van der Waals surface area contributed by atoms with Crippen LogP contribution in [0.5, 0.6) is 0 Å². The van der Waals surface area contributed by atoms with Crippen molar-refractivity contribution >= 4 is 52.5 Å². The third-order valence-electron chi connectivity index (χ3n) is 6.27. The van der Waals surface area contributed by atoms with Gasteiger partial charge in [-0.3, -0.25) is 4.79 Å². The van der Waals surface area contributed by atoms with E-state index in [4.69, 9.17) is 11.5 Å². The van der Waals surface area contributed by atoms with Crippen LogP contribution < -0.4 is 27.4 Å². The summed E-state index contributed by atoms with van der Waals surface area (Å²) in [5.74, 6) is -1.16. The van der Waals surface area contributed by atoms with E-state index in [1.165, 1.54) is 0 Å². The number of carboxylic acid groups (broad SMARTS) is 1. The molecular weight excluding hydrogens is 526 g/mol. The van der Waals surface area contributed by atoms with E-state index in [9.17, 15) is 19.5 Å².